The van der Waals surface area contributed by atoms with E-state index < -0.39 is 30.1 Å². The Bertz CT molecular complexity index is 4450. The Hall–Kier alpha value is -10.6. The number of anilines is 2. The van der Waals surface area contributed by atoms with Crippen LogP contribution in [0.4, 0.5) is 16.2 Å². The molecular weight excluding hydrogens is 1240 g/mol. The molecule has 4 aromatic heterocycles. The molecule has 504 valence electrons. The zero-order chi connectivity index (χ0) is 67.8. The number of alkyl carbamates (subject to hydrolysis) is 1. The molecule has 4 aliphatic heterocycles. The molecule has 7 N–H and O–H groups in total. The highest BCUT2D eigenvalue weighted by atomic mass is 16.6. The number of fused-ring (bicyclic) bond motifs is 2. The number of benzene rings is 6. The molecule has 0 saturated carbocycles. The van der Waals surface area contributed by atoms with Crippen LogP contribution in [0.1, 0.15) is 132 Å². The van der Waals surface area contributed by atoms with Gasteiger partial charge in [0, 0.05) is 57.5 Å². The molecule has 0 radical (unpaired) electrons. The smallest absolute Gasteiger partial charge is 0.408 e. The maximum Gasteiger partial charge on any atom is 0.408 e. The summed E-state index contributed by atoms with van der Waals surface area (Å²) >= 11 is 0. The minimum atomic E-state index is -0.917. The van der Waals surface area contributed by atoms with E-state index in [2.05, 4.69) is 59.7 Å². The van der Waals surface area contributed by atoms with Gasteiger partial charge in [-0.05, 0) is 200 Å². The van der Waals surface area contributed by atoms with Crippen molar-refractivity contribution in [2.75, 3.05) is 36.8 Å². The van der Waals surface area contributed by atoms with Crippen molar-refractivity contribution in [1.29, 1.82) is 0 Å². The van der Waals surface area contributed by atoms with Crippen LogP contribution in [-0.2, 0) is 33.4 Å². The standard InChI is InChI=1S/C51H54N6O8.C26H27N5O2/c1-31(2)63-45(58)29-39(33-13-7-5-8-14-33)49(60)57-26-12-18-42(57)48(59)53-38-22-19-34(20-23-38)44-28-37-27-36(21-24-43(37)65-44)40-30-52-47(54-40)41-17-11-25-56(41)50(61)46(35-15-9-6-10-16-35)55-51(62)64-32(3)4;32-26(21-4-2-12-28-21)30-19-8-5-16(6-9-19)24-14-18-13-17(7-10-23(18)33-24)22-15-29-25(31-22)20-3-1-11-27-20/h5-10,13-16,19-24,27-28,30-32,39,41-42,46H,11-12,17-18,25-26,29H2,1-4H3,(H,52,54)(H,53,59)(H,55,62);5-10,13-15,20-21,27-28H,1-4,11-12H2,(H,29,31)(H,30,32)/t39-,41+,42+,46-;20-,21-/m10/s1. The van der Waals surface area contributed by atoms with Crippen molar-refractivity contribution in [3.05, 3.63) is 193 Å². The fourth-order valence-corrected chi connectivity index (χ4v) is 13.5. The van der Waals surface area contributed by atoms with E-state index in [0.717, 1.165) is 112 Å². The Kier molecular flexibility index (Phi) is 20.1. The van der Waals surface area contributed by atoms with Crippen molar-refractivity contribution >= 4 is 69.0 Å². The van der Waals surface area contributed by atoms with E-state index in [4.69, 9.17) is 23.3 Å². The van der Waals surface area contributed by atoms with Crippen LogP contribution < -0.4 is 26.6 Å². The fourth-order valence-electron chi connectivity index (χ4n) is 13.5. The molecule has 5 amide bonds. The van der Waals surface area contributed by atoms with Crippen LogP contribution in [0.15, 0.2) is 179 Å². The summed E-state index contributed by atoms with van der Waals surface area (Å²) < 4.78 is 23.1. The summed E-state index contributed by atoms with van der Waals surface area (Å²) in [4.78, 5) is 99.1. The van der Waals surface area contributed by atoms with E-state index in [0.29, 0.717) is 66.0 Å². The Labute approximate surface area is 567 Å². The number of ether oxygens (including phenoxy) is 2. The number of furan rings is 2. The lowest BCUT2D eigenvalue weighted by atomic mass is 9.93. The first-order valence-electron chi connectivity index (χ1n) is 34.0. The number of H-pyrrole nitrogens is 2. The van der Waals surface area contributed by atoms with Gasteiger partial charge in [0.1, 0.15) is 46.4 Å². The van der Waals surface area contributed by atoms with Gasteiger partial charge >= 0.3 is 12.1 Å². The summed E-state index contributed by atoms with van der Waals surface area (Å²) in [6.07, 6.45) is 9.20. The van der Waals surface area contributed by atoms with Gasteiger partial charge in [-0.2, -0.15) is 0 Å². The van der Waals surface area contributed by atoms with E-state index in [-0.39, 0.29) is 54.3 Å². The number of likely N-dealkylation sites (tertiary alicyclic amines) is 2. The third-order valence-electron chi connectivity index (χ3n) is 18.4. The molecule has 8 heterocycles. The van der Waals surface area contributed by atoms with E-state index in [1.807, 2.05) is 134 Å². The number of carbonyl (C=O) groups excluding carboxylic acids is 6. The zero-order valence-electron chi connectivity index (χ0n) is 55.3. The first-order valence-corrected chi connectivity index (χ1v) is 34.0. The highest BCUT2D eigenvalue weighted by Gasteiger charge is 2.40. The molecule has 98 heavy (non-hydrogen) atoms. The second-order valence-electron chi connectivity index (χ2n) is 26.0. The highest BCUT2D eigenvalue weighted by Crippen LogP contribution is 2.38. The van der Waals surface area contributed by atoms with Crippen molar-refractivity contribution < 1.29 is 47.1 Å². The van der Waals surface area contributed by atoms with E-state index in [1.54, 1.807) is 55.8 Å². The molecule has 0 aliphatic carbocycles. The summed E-state index contributed by atoms with van der Waals surface area (Å²) in [7, 11) is 0. The summed E-state index contributed by atoms with van der Waals surface area (Å²) in [6, 6.07) is 47.9. The molecule has 0 unspecified atom stereocenters. The van der Waals surface area contributed by atoms with Gasteiger partial charge in [-0.15, -0.1) is 0 Å². The number of aromatic amines is 2. The fraction of sp³-hybridized carbons (Fsp3) is 0.325. The Morgan fingerprint density at radius 2 is 1.08 bits per heavy atom. The number of aromatic nitrogens is 4. The minimum Gasteiger partial charge on any atom is -0.463 e. The normalized spacial score (nSPS) is 18.2. The van der Waals surface area contributed by atoms with Gasteiger partial charge in [-0.3, -0.25) is 24.0 Å². The van der Waals surface area contributed by atoms with Crippen LogP contribution in [0.25, 0.3) is 67.1 Å². The van der Waals surface area contributed by atoms with Crippen molar-refractivity contribution in [2.24, 2.45) is 0 Å². The molecule has 21 nitrogen and oxygen atoms in total. The second kappa shape index (κ2) is 29.8. The Balaban J connectivity index is 0.000000217. The van der Waals surface area contributed by atoms with Crippen LogP contribution in [-0.4, -0.2) is 116 Å². The molecule has 0 spiro atoms. The monoisotopic (exact) mass is 1320 g/mol. The molecule has 21 heteroatoms. The van der Waals surface area contributed by atoms with Crippen LogP contribution in [0.5, 0.6) is 0 Å². The third-order valence-corrected chi connectivity index (χ3v) is 18.4. The van der Waals surface area contributed by atoms with E-state index in [1.165, 1.54) is 6.42 Å². The third kappa shape index (κ3) is 15.3. The molecule has 4 fully saturated rings. The van der Waals surface area contributed by atoms with Crippen LogP contribution in [0.2, 0.25) is 0 Å². The number of nitrogens with one attached hydrogen (secondary N) is 7. The van der Waals surface area contributed by atoms with E-state index >= 15 is 0 Å². The van der Waals surface area contributed by atoms with Gasteiger partial charge in [-0.1, -0.05) is 60.7 Å². The van der Waals surface area contributed by atoms with Gasteiger partial charge < -0.3 is 64.7 Å². The highest BCUT2D eigenvalue weighted by molar-refractivity contribution is 6.00. The lowest BCUT2D eigenvalue weighted by molar-refractivity contribution is -0.150. The summed E-state index contributed by atoms with van der Waals surface area (Å²) in [5.41, 5.74) is 9.84. The van der Waals surface area contributed by atoms with Crippen LogP contribution >= 0.6 is 0 Å². The number of hydrogen-bond donors (Lipinski definition) is 7. The van der Waals surface area contributed by atoms with Crippen LogP contribution in [0, 0.1) is 0 Å². The lowest BCUT2D eigenvalue weighted by Gasteiger charge is -2.28. The molecule has 4 saturated heterocycles. The van der Waals surface area contributed by atoms with Crippen LogP contribution in [0.3, 0.4) is 0 Å². The number of hydrogen-bond acceptors (Lipinski definition) is 14. The largest absolute Gasteiger partial charge is 0.463 e. The molecule has 4 aliphatic rings. The molecule has 14 rings (SSSR count). The lowest BCUT2D eigenvalue weighted by Crippen LogP contribution is -2.45. The van der Waals surface area contributed by atoms with Gasteiger partial charge in [0.2, 0.25) is 17.7 Å². The van der Waals surface area contributed by atoms with Gasteiger partial charge in [0.25, 0.3) is 5.91 Å². The summed E-state index contributed by atoms with van der Waals surface area (Å²) in [5.74, 6) is 1.13. The molecular formula is C77H81N11O10. The predicted octanol–water partition coefficient (Wildman–Crippen LogP) is 13.7. The zero-order valence-corrected chi connectivity index (χ0v) is 55.3. The molecule has 10 aromatic rings. The Morgan fingerprint density at radius 1 is 0.541 bits per heavy atom. The van der Waals surface area contributed by atoms with Crippen molar-refractivity contribution in [1.82, 2.24) is 45.7 Å². The quantitative estimate of drug-likeness (QED) is 0.0371. The van der Waals surface area contributed by atoms with Gasteiger partial charge in [0.05, 0.1) is 66.5 Å². The molecule has 6 atom stereocenters. The number of rotatable bonds is 19. The number of amides is 5. The number of nitrogens with zero attached hydrogens (tertiary/aromatic N) is 4. The average Bonchev–Trinajstić information content (AvgIpc) is 1.77. The number of imidazole rings is 2. The van der Waals surface area contributed by atoms with E-state index in [9.17, 15) is 28.8 Å². The van der Waals surface area contributed by atoms with Crippen molar-refractivity contribution in [3.8, 4) is 45.2 Å². The second-order valence-corrected chi connectivity index (χ2v) is 26.0. The first kappa shape index (κ1) is 66.0. The van der Waals surface area contributed by atoms with Crippen molar-refractivity contribution in [3.63, 3.8) is 0 Å². The predicted molar refractivity (Wildman–Crippen MR) is 374 cm³/mol. The maximum absolute atomic E-state index is 14.1. The topological polar surface area (TPSA) is 271 Å². The molecule has 6 aromatic carbocycles. The number of esters is 1. The van der Waals surface area contributed by atoms with Gasteiger partial charge in [-0.25, -0.2) is 14.8 Å². The Morgan fingerprint density at radius 3 is 1.66 bits per heavy atom. The van der Waals surface area contributed by atoms with Gasteiger partial charge in [0.15, 0.2) is 0 Å². The summed E-state index contributed by atoms with van der Waals surface area (Å²) in [5, 5.41) is 17.4. The maximum atomic E-state index is 14.1. The number of carbonyl (C=O) groups is 6. The molecule has 0 bridgehead atoms. The summed E-state index contributed by atoms with van der Waals surface area (Å²) in [6.45, 7) is 9.96. The minimum absolute atomic E-state index is 0.0298. The first-order chi connectivity index (χ1) is 47.6. The SMILES string of the molecule is CC(C)OC(=O)C[C@@H](C(=O)N1CCC[C@H]1C(=O)Nc1ccc(-c2cc3cc(-c4cnc([C@@H]5CCCN5C(=O)[C@H](NC(=O)OC(C)C)c5ccccc5)[nH]4)ccc3o2)cc1)c1ccccc1.O=C(Nc1ccc(-c2cc3cc(-c4cnc([C@@H]5CCCN5)[nH]4)ccc3o2)cc1)[C@@H]1CCCN1. The van der Waals surface area contributed by atoms with Crippen molar-refractivity contribution in [2.45, 2.75) is 134 Å². The average molecular weight is 1320 g/mol.